The van der Waals surface area contributed by atoms with E-state index in [9.17, 15) is 4.79 Å². The first-order chi connectivity index (χ1) is 5.41. The molecule has 0 aliphatic rings. The molecule has 82 valence electrons. The van der Waals surface area contributed by atoms with Crippen LogP contribution in [-0.4, -0.2) is 36.8 Å². The van der Waals surface area contributed by atoms with Gasteiger partial charge in [-0.2, -0.15) is 0 Å². The van der Waals surface area contributed by atoms with E-state index in [1.807, 2.05) is 0 Å². The van der Waals surface area contributed by atoms with Gasteiger partial charge in [-0.15, -0.1) is 0 Å². The molecule has 0 saturated carbocycles. The Kier molecular flexibility index (Phi) is 15.9. The lowest BCUT2D eigenvalue weighted by Crippen LogP contribution is -2.18. The monoisotopic (exact) mass is 216 g/mol. The van der Waals surface area contributed by atoms with E-state index in [-0.39, 0.29) is 7.43 Å². The fourth-order valence-corrected chi connectivity index (χ4v) is 0.263. The molecule has 0 radical (unpaired) electrons. The van der Waals surface area contributed by atoms with E-state index < -0.39 is 23.1 Å². The molecule has 1 atom stereocenters. The van der Waals surface area contributed by atoms with Gasteiger partial charge in [0.15, 0.2) is 0 Å². The van der Waals surface area contributed by atoms with Crippen LogP contribution in [0.4, 0.5) is 0 Å². The van der Waals surface area contributed by atoms with Crippen molar-refractivity contribution in [2.45, 2.75) is 27.4 Å². The minimum absolute atomic E-state index is 0. The lowest BCUT2D eigenvalue weighted by Gasteiger charge is -2.01. The molecule has 0 fully saturated rings. The molecule has 0 saturated heterocycles. The van der Waals surface area contributed by atoms with Crippen LogP contribution in [0, 0.1) is 0 Å². The Bertz CT molecular complexity index is 178. The number of aliphatic hydroxyl groups excluding tert-OH is 1. The molecule has 0 aliphatic heterocycles. The van der Waals surface area contributed by atoms with Gasteiger partial charge >= 0.3 is 5.97 Å². The lowest BCUT2D eigenvalue weighted by atomic mass is 10.4. The summed E-state index contributed by atoms with van der Waals surface area (Å²) in [5.41, 5.74) is 0. The number of thiol groups is 1. The zero-order valence-electron chi connectivity index (χ0n) is 6.76. The first kappa shape index (κ1) is 18.2. The van der Waals surface area contributed by atoms with E-state index in [1.54, 1.807) is 6.92 Å². The van der Waals surface area contributed by atoms with E-state index in [0.717, 1.165) is 0 Å². The summed E-state index contributed by atoms with van der Waals surface area (Å²) >= 11 is 0. The maximum Gasteiger partial charge on any atom is 0.334 e. The Morgan fingerprint density at radius 1 is 1.54 bits per heavy atom. The highest BCUT2D eigenvalue weighted by atomic mass is 32.2. The maximum atomic E-state index is 10.3. The molecule has 0 aromatic rings. The van der Waals surface area contributed by atoms with Crippen LogP contribution in [0.1, 0.15) is 21.3 Å². The fourth-order valence-electron chi connectivity index (χ4n) is 0.263. The molecule has 0 heterocycles. The predicted octanol–water partition coefficient (Wildman–Crippen LogP) is -0.363. The molecule has 0 aromatic heterocycles. The molecule has 0 aliphatic carbocycles. The smallest absolute Gasteiger partial charge is 0.334 e. The second-order valence-corrected chi connectivity index (χ2v) is 2.14. The Labute approximate surface area is 79.3 Å². The minimum atomic E-state index is -3.12. The van der Waals surface area contributed by atoms with Crippen LogP contribution in [0.5, 0.6) is 0 Å². The van der Waals surface area contributed by atoms with Crippen LogP contribution in [-0.2, 0) is 20.5 Å². The topological polar surface area (TPSA) is 101 Å². The van der Waals surface area contributed by atoms with Crippen molar-refractivity contribution in [2.75, 3.05) is 6.61 Å². The predicted molar refractivity (Wildman–Crippen MR) is 48.0 cm³/mol. The zero-order chi connectivity index (χ0) is 10.1. The molecule has 7 heteroatoms. The number of aliphatic hydroxyl groups is 1. The zero-order valence-corrected chi connectivity index (χ0v) is 7.65. The highest BCUT2D eigenvalue weighted by Gasteiger charge is 2.07. The second kappa shape index (κ2) is 11.3. The van der Waals surface area contributed by atoms with Gasteiger partial charge in [-0.05, 0) is 13.8 Å². The molecule has 0 bridgehead atoms. The third kappa shape index (κ3) is 24.6. The lowest BCUT2D eigenvalue weighted by molar-refractivity contribution is -0.151. The van der Waals surface area contributed by atoms with E-state index in [2.05, 4.69) is 4.74 Å². The number of esters is 1. The highest BCUT2D eigenvalue weighted by Crippen LogP contribution is 1.84. The van der Waals surface area contributed by atoms with Crippen molar-refractivity contribution >= 4 is 17.0 Å². The average molecular weight is 216 g/mol. The molecule has 13 heavy (non-hydrogen) atoms. The summed E-state index contributed by atoms with van der Waals surface area (Å²) in [5, 5.41) is 8.48. The van der Waals surface area contributed by atoms with E-state index in [0.29, 0.717) is 6.61 Å². The maximum absolute atomic E-state index is 10.3. The summed E-state index contributed by atoms with van der Waals surface area (Å²) in [4.78, 5) is 10.3. The molecule has 1 unspecified atom stereocenters. The number of hydrogen-bond acceptors (Lipinski definition) is 5. The third-order valence-corrected chi connectivity index (χ3v) is 0.628. The van der Waals surface area contributed by atoms with Crippen molar-refractivity contribution < 1.29 is 27.6 Å². The molecule has 0 aromatic carbocycles. The van der Waals surface area contributed by atoms with Gasteiger partial charge in [0.25, 0.3) is 11.0 Å². The van der Waals surface area contributed by atoms with E-state index in [4.69, 9.17) is 18.1 Å². The Hall–Kier alpha value is -0.660. The van der Waals surface area contributed by atoms with Crippen LogP contribution < -0.4 is 0 Å². The van der Waals surface area contributed by atoms with Crippen LogP contribution in [0.15, 0.2) is 0 Å². The Morgan fingerprint density at radius 2 is 1.85 bits per heavy atom. The van der Waals surface area contributed by atoms with Crippen molar-refractivity contribution in [3.05, 3.63) is 0 Å². The van der Waals surface area contributed by atoms with Gasteiger partial charge in [-0.25, -0.2) is 13.2 Å². The van der Waals surface area contributed by atoms with Gasteiger partial charge in [0, 0.05) is 0 Å². The molecular formula is C6H16O6S. The number of carbonyl (C=O) groups excluding carboxylic acids is 1. The van der Waals surface area contributed by atoms with Gasteiger partial charge in [0.1, 0.15) is 6.10 Å². The quantitative estimate of drug-likeness (QED) is 0.331. The Morgan fingerprint density at radius 3 is 1.92 bits per heavy atom. The van der Waals surface area contributed by atoms with Gasteiger partial charge in [0.05, 0.1) is 6.61 Å². The van der Waals surface area contributed by atoms with Gasteiger partial charge in [-0.3, -0.25) is 4.55 Å². The summed E-state index contributed by atoms with van der Waals surface area (Å²) < 4.78 is 28.6. The van der Waals surface area contributed by atoms with Crippen LogP contribution >= 0.6 is 0 Å². The van der Waals surface area contributed by atoms with Crippen molar-refractivity contribution in [2.24, 2.45) is 0 Å². The molecule has 0 rings (SSSR count). The van der Waals surface area contributed by atoms with E-state index >= 15 is 0 Å². The van der Waals surface area contributed by atoms with Gasteiger partial charge in [-0.1, -0.05) is 7.43 Å². The number of hydrogen-bond donors (Lipinski definition) is 3. The van der Waals surface area contributed by atoms with Gasteiger partial charge in [0.2, 0.25) is 0 Å². The molecule has 6 nitrogen and oxygen atoms in total. The average Bonchev–Trinajstić information content (AvgIpc) is 1.86. The first-order valence-corrected chi connectivity index (χ1v) is 4.22. The van der Waals surface area contributed by atoms with Crippen molar-refractivity contribution in [3.63, 3.8) is 0 Å². The Balaban J connectivity index is -0.000000173. The molecule has 2 N–H and O–H groups in total. The fraction of sp³-hybridized carbons (Fsp3) is 0.833. The van der Waals surface area contributed by atoms with Crippen LogP contribution in [0.3, 0.4) is 0 Å². The molecule has 0 spiro atoms. The highest BCUT2D eigenvalue weighted by molar-refractivity contribution is 7.66. The molecule has 0 amide bonds. The van der Waals surface area contributed by atoms with Crippen molar-refractivity contribution in [1.29, 1.82) is 0 Å². The normalized spacial score (nSPS) is 10.5. The van der Waals surface area contributed by atoms with E-state index in [1.165, 1.54) is 6.92 Å². The van der Waals surface area contributed by atoms with Crippen molar-refractivity contribution in [1.82, 2.24) is 0 Å². The standard InChI is InChI=1S/C5H10O3.CH4.H2O3S/c1-3-8-5(7)4(2)6;;1-4(2)3/h4,6H,3H2,1-2H3;1H4;4H,(H,1,2,3). The largest absolute Gasteiger partial charge is 0.464 e. The summed E-state index contributed by atoms with van der Waals surface area (Å²) in [6.45, 7) is 3.39. The van der Waals surface area contributed by atoms with Gasteiger partial charge < -0.3 is 9.84 Å². The number of carbonyl (C=O) groups is 1. The summed E-state index contributed by atoms with van der Waals surface area (Å²) in [5.74, 6) is -0.562. The second-order valence-electron chi connectivity index (χ2n) is 1.67. The summed E-state index contributed by atoms with van der Waals surface area (Å²) in [7, 11) is -3.12. The van der Waals surface area contributed by atoms with Crippen LogP contribution in [0.2, 0.25) is 0 Å². The number of rotatable bonds is 2. The summed E-state index contributed by atoms with van der Waals surface area (Å²) in [6, 6.07) is 0. The molecular weight excluding hydrogens is 200 g/mol. The number of ether oxygens (including phenoxy) is 1. The minimum Gasteiger partial charge on any atom is -0.464 e. The van der Waals surface area contributed by atoms with Crippen LogP contribution in [0.25, 0.3) is 0 Å². The van der Waals surface area contributed by atoms with Crippen molar-refractivity contribution in [3.8, 4) is 0 Å². The SMILES string of the molecule is C.CCOC(=O)C(C)O.O=[SH](=O)O. The summed E-state index contributed by atoms with van der Waals surface area (Å²) in [6.07, 6.45) is -0.991. The third-order valence-electron chi connectivity index (χ3n) is 0.628. The first-order valence-electron chi connectivity index (χ1n) is 3.09.